The molecule has 3 aromatic carbocycles. The van der Waals surface area contributed by atoms with Crippen molar-refractivity contribution in [3.63, 3.8) is 0 Å². The Morgan fingerprint density at radius 2 is 1.78 bits per heavy atom. The minimum Gasteiger partial charge on any atom is -0.486 e. The van der Waals surface area contributed by atoms with Crippen molar-refractivity contribution in [2.75, 3.05) is 5.32 Å². The third-order valence-electron chi connectivity index (χ3n) is 5.80. The van der Waals surface area contributed by atoms with Gasteiger partial charge < -0.3 is 14.5 Å². The van der Waals surface area contributed by atoms with E-state index in [9.17, 15) is 18.0 Å². The predicted molar refractivity (Wildman–Crippen MR) is 132 cm³/mol. The van der Waals surface area contributed by atoms with Crippen LogP contribution in [0.1, 0.15) is 33.1 Å². The van der Waals surface area contributed by atoms with Gasteiger partial charge in [0.25, 0.3) is 5.91 Å². The van der Waals surface area contributed by atoms with Crippen molar-refractivity contribution in [2.24, 2.45) is 0 Å². The maximum atomic E-state index is 13.0. The molecule has 0 aliphatic heterocycles. The van der Waals surface area contributed by atoms with Crippen molar-refractivity contribution in [2.45, 2.75) is 26.3 Å². The fourth-order valence-corrected chi connectivity index (χ4v) is 3.92. The standard InChI is InChI=1S/C28H22F3N3O3/c1-18-13-26(33-34(18)16-19-5-4-8-22(14-19)28(29,30)31)32-27(35)25-12-11-24(37-25)17-36-23-10-9-20-6-2-3-7-21(20)15-23/h2-15H,16-17H2,1H3,(H,32,33,35). The van der Waals surface area contributed by atoms with E-state index in [0.29, 0.717) is 22.8 Å². The van der Waals surface area contributed by atoms with Crippen LogP contribution < -0.4 is 10.1 Å². The highest BCUT2D eigenvalue weighted by Crippen LogP contribution is 2.30. The van der Waals surface area contributed by atoms with Crippen LogP contribution in [0.3, 0.4) is 0 Å². The Morgan fingerprint density at radius 1 is 0.973 bits per heavy atom. The van der Waals surface area contributed by atoms with E-state index in [2.05, 4.69) is 10.4 Å². The number of fused-ring (bicyclic) bond motifs is 1. The number of carbonyl (C=O) groups excluding carboxylic acids is 1. The number of aromatic nitrogens is 2. The van der Waals surface area contributed by atoms with Gasteiger partial charge in [-0.15, -0.1) is 0 Å². The molecular formula is C28H22F3N3O3. The summed E-state index contributed by atoms with van der Waals surface area (Å²) in [6.07, 6.45) is -4.42. The minimum absolute atomic E-state index is 0.0854. The van der Waals surface area contributed by atoms with Crippen molar-refractivity contribution in [1.82, 2.24) is 9.78 Å². The highest BCUT2D eigenvalue weighted by Gasteiger charge is 2.30. The summed E-state index contributed by atoms with van der Waals surface area (Å²) in [4.78, 5) is 12.7. The number of anilines is 1. The fourth-order valence-electron chi connectivity index (χ4n) is 3.92. The first-order chi connectivity index (χ1) is 17.7. The average molecular weight is 505 g/mol. The molecule has 2 heterocycles. The van der Waals surface area contributed by atoms with E-state index in [1.807, 2.05) is 42.5 Å². The van der Waals surface area contributed by atoms with Crippen molar-refractivity contribution in [3.05, 3.63) is 113 Å². The van der Waals surface area contributed by atoms with Crippen LogP contribution in [-0.4, -0.2) is 15.7 Å². The zero-order valence-corrected chi connectivity index (χ0v) is 19.8. The van der Waals surface area contributed by atoms with Gasteiger partial charge in [0.15, 0.2) is 11.6 Å². The zero-order chi connectivity index (χ0) is 26.0. The van der Waals surface area contributed by atoms with E-state index in [-0.39, 0.29) is 24.7 Å². The first kappa shape index (κ1) is 24.2. The molecule has 5 rings (SSSR count). The molecule has 0 unspecified atom stereocenters. The van der Waals surface area contributed by atoms with Gasteiger partial charge in [0.05, 0.1) is 12.1 Å². The van der Waals surface area contributed by atoms with Crippen molar-refractivity contribution < 1.29 is 27.1 Å². The maximum Gasteiger partial charge on any atom is 0.416 e. The van der Waals surface area contributed by atoms with Gasteiger partial charge in [0, 0.05) is 11.8 Å². The Hall–Kier alpha value is -4.53. The molecule has 1 amide bonds. The molecule has 0 bridgehead atoms. The van der Waals surface area contributed by atoms with Crippen LogP contribution in [0.25, 0.3) is 10.8 Å². The monoisotopic (exact) mass is 505 g/mol. The quantitative estimate of drug-likeness (QED) is 0.263. The number of halogens is 3. The Balaban J connectivity index is 1.21. The number of alkyl halides is 3. The first-order valence-corrected chi connectivity index (χ1v) is 11.5. The Bertz CT molecular complexity index is 1570. The molecule has 0 fully saturated rings. The number of hydrogen-bond donors (Lipinski definition) is 1. The molecule has 1 N–H and O–H groups in total. The Labute approximate surface area is 210 Å². The lowest BCUT2D eigenvalue weighted by atomic mass is 10.1. The molecular weight excluding hydrogens is 483 g/mol. The number of benzene rings is 3. The molecule has 0 atom stereocenters. The lowest BCUT2D eigenvalue weighted by Crippen LogP contribution is -2.12. The van der Waals surface area contributed by atoms with Crippen LogP contribution in [0.5, 0.6) is 5.75 Å². The van der Waals surface area contributed by atoms with Gasteiger partial charge in [-0.1, -0.05) is 42.5 Å². The normalized spacial score (nSPS) is 11.6. The minimum atomic E-state index is -4.42. The van der Waals surface area contributed by atoms with Gasteiger partial charge in [0.2, 0.25) is 0 Å². The van der Waals surface area contributed by atoms with Crippen LogP contribution in [0.2, 0.25) is 0 Å². The molecule has 37 heavy (non-hydrogen) atoms. The number of hydrogen-bond acceptors (Lipinski definition) is 4. The second-order valence-electron chi connectivity index (χ2n) is 8.54. The summed E-state index contributed by atoms with van der Waals surface area (Å²) >= 11 is 0. The lowest BCUT2D eigenvalue weighted by Gasteiger charge is -2.09. The number of amides is 1. The van der Waals surface area contributed by atoms with E-state index in [1.165, 1.54) is 10.7 Å². The van der Waals surface area contributed by atoms with E-state index < -0.39 is 17.6 Å². The molecule has 2 aromatic heterocycles. The van der Waals surface area contributed by atoms with Gasteiger partial charge in [-0.05, 0) is 59.7 Å². The van der Waals surface area contributed by atoms with Gasteiger partial charge in [-0.3, -0.25) is 9.48 Å². The molecule has 0 saturated heterocycles. The number of rotatable bonds is 7. The Morgan fingerprint density at radius 3 is 2.59 bits per heavy atom. The first-order valence-electron chi connectivity index (χ1n) is 11.5. The topological polar surface area (TPSA) is 69.3 Å². The highest BCUT2D eigenvalue weighted by molar-refractivity contribution is 6.01. The lowest BCUT2D eigenvalue weighted by molar-refractivity contribution is -0.137. The van der Waals surface area contributed by atoms with E-state index in [0.717, 1.165) is 22.9 Å². The molecule has 0 radical (unpaired) electrons. The summed E-state index contributed by atoms with van der Waals surface area (Å²) < 4.78 is 52.0. The number of nitrogens with one attached hydrogen (secondary N) is 1. The Kier molecular flexibility index (Phi) is 6.43. The van der Waals surface area contributed by atoms with Crippen molar-refractivity contribution in [3.8, 4) is 5.75 Å². The SMILES string of the molecule is Cc1cc(NC(=O)c2ccc(COc3ccc4ccccc4c3)o2)nn1Cc1cccc(C(F)(F)F)c1. The molecule has 188 valence electrons. The number of aryl methyl sites for hydroxylation is 1. The molecule has 9 heteroatoms. The average Bonchev–Trinajstić information content (AvgIpc) is 3.49. The van der Waals surface area contributed by atoms with E-state index in [4.69, 9.17) is 9.15 Å². The summed E-state index contributed by atoms with van der Waals surface area (Å²) in [6, 6.07) is 23.6. The van der Waals surface area contributed by atoms with E-state index in [1.54, 1.807) is 31.2 Å². The van der Waals surface area contributed by atoms with Gasteiger partial charge >= 0.3 is 6.18 Å². The van der Waals surface area contributed by atoms with Crippen LogP contribution in [-0.2, 0) is 19.3 Å². The van der Waals surface area contributed by atoms with Gasteiger partial charge in [-0.2, -0.15) is 18.3 Å². The number of ether oxygens (including phenoxy) is 1. The molecule has 0 spiro atoms. The largest absolute Gasteiger partial charge is 0.486 e. The summed E-state index contributed by atoms with van der Waals surface area (Å²) in [5.74, 6) is 1.01. The van der Waals surface area contributed by atoms with Crippen molar-refractivity contribution in [1.29, 1.82) is 0 Å². The molecule has 0 saturated carbocycles. The molecule has 0 aliphatic carbocycles. The number of nitrogens with zero attached hydrogens (tertiary/aromatic N) is 2. The maximum absolute atomic E-state index is 13.0. The van der Waals surface area contributed by atoms with Crippen molar-refractivity contribution >= 4 is 22.5 Å². The number of carbonyl (C=O) groups is 1. The highest BCUT2D eigenvalue weighted by atomic mass is 19.4. The fraction of sp³-hybridized carbons (Fsp3) is 0.143. The summed E-state index contributed by atoms with van der Waals surface area (Å²) in [6.45, 7) is 2.03. The van der Waals surface area contributed by atoms with E-state index >= 15 is 0 Å². The summed E-state index contributed by atoms with van der Waals surface area (Å²) in [7, 11) is 0. The smallest absolute Gasteiger partial charge is 0.416 e. The van der Waals surface area contributed by atoms with Crippen LogP contribution in [0, 0.1) is 6.92 Å². The van der Waals surface area contributed by atoms with Crippen LogP contribution in [0.15, 0.2) is 89.3 Å². The van der Waals surface area contributed by atoms with Gasteiger partial charge in [-0.25, -0.2) is 0 Å². The molecule has 5 aromatic rings. The summed E-state index contributed by atoms with van der Waals surface area (Å²) in [5, 5.41) is 9.14. The second kappa shape index (κ2) is 9.85. The zero-order valence-electron chi connectivity index (χ0n) is 19.8. The molecule has 6 nitrogen and oxygen atoms in total. The number of furan rings is 1. The summed E-state index contributed by atoms with van der Waals surface area (Å²) in [5.41, 5.74) is 0.402. The second-order valence-corrected chi connectivity index (χ2v) is 8.54. The molecule has 0 aliphatic rings. The third-order valence-corrected chi connectivity index (χ3v) is 5.80. The van der Waals surface area contributed by atoms with Gasteiger partial charge in [0.1, 0.15) is 18.1 Å². The van der Waals surface area contributed by atoms with Crippen LogP contribution in [0.4, 0.5) is 19.0 Å². The third kappa shape index (κ3) is 5.66. The van der Waals surface area contributed by atoms with Crippen LogP contribution >= 0.6 is 0 Å². The predicted octanol–water partition coefficient (Wildman–Crippen LogP) is 6.84.